The van der Waals surface area contributed by atoms with Gasteiger partial charge in [-0.1, -0.05) is 30.3 Å². The lowest BCUT2D eigenvalue weighted by Gasteiger charge is -2.15. The average Bonchev–Trinajstić information content (AvgIpc) is 2.29. The number of sulfone groups is 1. The maximum Gasteiger partial charge on any atom is 0.153 e. The van der Waals surface area contributed by atoms with E-state index >= 15 is 0 Å². The quantitative estimate of drug-likeness (QED) is 0.847. The molecular formula is C13H21NO2S. The molecule has 96 valence electrons. The van der Waals surface area contributed by atoms with Gasteiger partial charge in [-0.05, 0) is 26.3 Å². The average molecular weight is 255 g/mol. The summed E-state index contributed by atoms with van der Waals surface area (Å²) in [5, 5.41) is 2.94. The Bertz CT molecular complexity index is 426. The Hall–Kier alpha value is -0.870. The fourth-order valence-electron chi connectivity index (χ4n) is 1.51. The zero-order valence-corrected chi connectivity index (χ0v) is 11.5. The van der Waals surface area contributed by atoms with Crippen molar-refractivity contribution in [3.63, 3.8) is 0 Å². The van der Waals surface area contributed by atoms with E-state index < -0.39 is 9.84 Å². The van der Waals surface area contributed by atoms with Gasteiger partial charge in [0.15, 0.2) is 9.84 Å². The van der Waals surface area contributed by atoms with E-state index in [1.54, 1.807) is 13.8 Å². The maximum absolute atomic E-state index is 11.6. The number of rotatable bonds is 6. The molecule has 0 bridgehead atoms. The molecule has 1 atom stereocenters. The zero-order valence-electron chi connectivity index (χ0n) is 10.7. The molecule has 0 aliphatic rings. The number of hydrogen-bond acceptors (Lipinski definition) is 3. The molecule has 3 nitrogen and oxygen atoms in total. The number of nitrogens with one attached hydrogen (secondary N) is 1. The van der Waals surface area contributed by atoms with E-state index in [4.69, 9.17) is 0 Å². The summed E-state index contributed by atoms with van der Waals surface area (Å²) in [6, 6.07) is 10.2. The summed E-state index contributed by atoms with van der Waals surface area (Å²) >= 11 is 0. The minimum Gasteiger partial charge on any atom is -0.309 e. The Kier molecular flexibility index (Phi) is 5.15. The van der Waals surface area contributed by atoms with Crippen LogP contribution in [-0.2, 0) is 9.84 Å². The molecule has 0 spiro atoms. The van der Waals surface area contributed by atoms with E-state index in [2.05, 4.69) is 5.32 Å². The molecule has 0 aliphatic carbocycles. The van der Waals surface area contributed by atoms with Gasteiger partial charge in [-0.25, -0.2) is 8.42 Å². The van der Waals surface area contributed by atoms with Gasteiger partial charge in [-0.15, -0.1) is 0 Å². The number of benzene rings is 1. The Morgan fingerprint density at radius 3 is 2.24 bits per heavy atom. The number of hydrogen-bond donors (Lipinski definition) is 1. The lowest BCUT2D eigenvalue weighted by molar-refractivity contribution is 0.566. The first-order valence-corrected chi connectivity index (χ1v) is 7.65. The molecule has 0 saturated carbocycles. The standard InChI is InChI=1S/C13H21NO2S/c1-11(2)17(15,16)10-9-14-12(3)13-7-5-4-6-8-13/h4-8,11-12,14H,9-10H2,1-3H3/t12-/m0/s1. The second-order valence-corrected chi connectivity index (χ2v) is 7.18. The van der Waals surface area contributed by atoms with Gasteiger partial charge in [0.1, 0.15) is 0 Å². The van der Waals surface area contributed by atoms with E-state index in [-0.39, 0.29) is 17.0 Å². The van der Waals surface area contributed by atoms with E-state index in [1.807, 2.05) is 37.3 Å². The molecule has 1 rings (SSSR count). The first-order valence-electron chi connectivity index (χ1n) is 5.93. The van der Waals surface area contributed by atoms with Crippen LogP contribution in [0.4, 0.5) is 0 Å². The van der Waals surface area contributed by atoms with Crippen LogP contribution < -0.4 is 5.32 Å². The Morgan fingerprint density at radius 1 is 1.12 bits per heavy atom. The van der Waals surface area contributed by atoms with Crippen molar-refractivity contribution in [1.29, 1.82) is 0 Å². The van der Waals surface area contributed by atoms with Gasteiger partial charge in [0.25, 0.3) is 0 Å². The first kappa shape index (κ1) is 14.2. The van der Waals surface area contributed by atoms with Crippen LogP contribution in [0.2, 0.25) is 0 Å². The normalized spacial score (nSPS) is 13.9. The van der Waals surface area contributed by atoms with Gasteiger partial charge < -0.3 is 5.32 Å². The van der Waals surface area contributed by atoms with Crippen molar-refractivity contribution in [2.75, 3.05) is 12.3 Å². The van der Waals surface area contributed by atoms with E-state index in [9.17, 15) is 8.42 Å². The van der Waals surface area contributed by atoms with Gasteiger partial charge in [-0.3, -0.25) is 0 Å². The van der Waals surface area contributed by atoms with Crippen LogP contribution in [0.5, 0.6) is 0 Å². The SMILES string of the molecule is CC(C)S(=O)(=O)CCN[C@@H](C)c1ccccc1. The first-order chi connectivity index (χ1) is 7.93. The van der Waals surface area contributed by atoms with Crippen molar-refractivity contribution < 1.29 is 8.42 Å². The molecule has 0 aliphatic heterocycles. The van der Waals surface area contributed by atoms with Crippen LogP contribution in [0.15, 0.2) is 30.3 Å². The lowest BCUT2D eigenvalue weighted by atomic mass is 10.1. The second kappa shape index (κ2) is 6.17. The molecule has 1 aromatic carbocycles. The Labute approximate surface area is 104 Å². The van der Waals surface area contributed by atoms with E-state index in [0.29, 0.717) is 6.54 Å². The third-order valence-corrected chi connectivity index (χ3v) is 5.06. The van der Waals surface area contributed by atoms with Crippen molar-refractivity contribution in [3.05, 3.63) is 35.9 Å². The molecule has 0 amide bonds. The van der Waals surface area contributed by atoms with Gasteiger partial charge in [0.2, 0.25) is 0 Å². The summed E-state index contributed by atoms with van der Waals surface area (Å²) in [6.07, 6.45) is 0. The highest BCUT2D eigenvalue weighted by atomic mass is 32.2. The predicted octanol–water partition coefficient (Wildman–Crippen LogP) is 2.16. The van der Waals surface area contributed by atoms with Gasteiger partial charge in [0, 0.05) is 12.6 Å². The molecule has 0 heterocycles. The van der Waals surface area contributed by atoms with Crippen molar-refractivity contribution in [2.45, 2.75) is 32.1 Å². The molecule has 0 radical (unpaired) electrons. The van der Waals surface area contributed by atoms with Crippen molar-refractivity contribution in [2.24, 2.45) is 0 Å². The summed E-state index contributed by atoms with van der Waals surface area (Å²) < 4.78 is 23.2. The topological polar surface area (TPSA) is 46.2 Å². The third kappa shape index (κ3) is 4.48. The molecule has 0 aromatic heterocycles. The Balaban J connectivity index is 2.43. The fraction of sp³-hybridized carbons (Fsp3) is 0.538. The van der Waals surface area contributed by atoms with Gasteiger partial charge in [0.05, 0.1) is 11.0 Å². The van der Waals surface area contributed by atoms with Crippen molar-refractivity contribution in [3.8, 4) is 0 Å². The molecule has 1 N–H and O–H groups in total. The van der Waals surface area contributed by atoms with Crippen LogP contribution in [0, 0.1) is 0 Å². The van der Waals surface area contributed by atoms with Crippen LogP contribution >= 0.6 is 0 Å². The second-order valence-electron chi connectivity index (χ2n) is 4.50. The monoisotopic (exact) mass is 255 g/mol. The van der Waals surface area contributed by atoms with Crippen molar-refractivity contribution >= 4 is 9.84 Å². The van der Waals surface area contributed by atoms with Crippen LogP contribution in [0.3, 0.4) is 0 Å². The zero-order chi connectivity index (χ0) is 12.9. The highest BCUT2D eigenvalue weighted by molar-refractivity contribution is 7.92. The maximum atomic E-state index is 11.6. The van der Waals surface area contributed by atoms with Crippen LogP contribution in [-0.4, -0.2) is 26.0 Å². The van der Waals surface area contributed by atoms with Gasteiger partial charge >= 0.3 is 0 Å². The molecule has 0 unspecified atom stereocenters. The minimum atomic E-state index is -2.94. The predicted molar refractivity (Wildman–Crippen MR) is 71.8 cm³/mol. The fourth-order valence-corrected chi connectivity index (χ4v) is 2.39. The van der Waals surface area contributed by atoms with Crippen LogP contribution in [0.1, 0.15) is 32.4 Å². The minimum absolute atomic E-state index is 0.179. The summed E-state index contributed by atoms with van der Waals surface area (Å²) in [6.45, 7) is 5.97. The molecule has 0 fully saturated rings. The van der Waals surface area contributed by atoms with Crippen LogP contribution in [0.25, 0.3) is 0 Å². The Morgan fingerprint density at radius 2 is 1.71 bits per heavy atom. The smallest absolute Gasteiger partial charge is 0.153 e. The highest BCUT2D eigenvalue weighted by Crippen LogP contribution is 2.10. The molecular weight excluding hydrogens is 234 g/mol. The summed E-state index contributed by atoms with van der Waals surface area (Å²) in [4.78, 5) is 0. The molecule has 4 heteroatoms. The van der Waals surface area contributed by atoms with Crippen molar-refractivity contribution in [1.82, 2.24) is 5.32 Å². The summed E-state index contributed by atoms with van der Waals surface area (Å²) in [7, 11) is -2.94. The molecule has 1 aromatic rings. The van der Waals surface area contributed by atoms with Gasteiger partial charge in [-0.2, -0.15) is 0 Å². The third-order valence-electron chi connectivity index (χ3n) is 2.85. The molecule has 17 heavy (non-hydrogen) atoms. The van der Waals surface area contributed by atoms with E-state index in [1.165, 1.54) is 5.56 Å². The molecule has 0 saturated heterocycles. The highest BCUT2D eigenvalue weighted by Gasteiger charge is 2.15. The van der Waals surface area contributed by atoms with E-state index in [0.717, 1.165) is 0 Å². The summed E-state index contributed by atoms with van der Waals surface area (Å²) in [5.41, 5.74) is 1.18. The largest absolute Gasteiger partial charge is 0.309 e. The summed E-state index contributed by atoms with van der Waals surface area (Å²) in [5.74, 6) is 0.196. The lowest BCUT2D eigenvalue weighted by Crippen LogP contribution is -2.28.